The van der Waals surface area contributed by atoms with Crippen molar-refractivity contribution in [1.29, 1.82) is 0 Å². The molecule has 0 fully saturated rings. The second-order valence-corrected chi connectivity index (χ2v) is 7.15. The zero-order valence-electron chi connectivity index (χ0n) is 18.4. The molecule has 1 aromatic heterocycles. The number of rotatable bonds is 9. The van der Waals surface area contributed by atoms with Crippen molar-refractivity contribution in [1.82, 2.24) is 25.4 Å². The van der Waals surface area contributed by atoms with Crippen LogP contribution in [0.1, 0.15) is 43.4 Å². The number of alkyl halides is 2. The van der Waals surface area contributed by atoms with Crippen molar-refractivity contribution in [3.05, 3.63) is 35.4 Å². The van der Waals surface area contributed by atoms with Gasteiger partial charge in [-0.1, -0.05) is 18.6 Å². The minimum Gasteiger partial charge on any atom is -0.490 e. The zero-order valence-corrected chi connectivity index (χ0v) is 20.8. The molecular weight excluding hydrogens is 533 g/mol. The summed E-state index contributed by atoms with van der Waals surface area (Å²) in [5, 5.41) is 15.0. The van der Waals surface area contributed by atoms with E-state index in [1.54, 1.807) is 32.2 Å². The number of hydrogen-bond acceptors (Lipinski definition) is 5. The molecule has 8 nitrogen and oxygen atoms in total. The highest BCUT2D eigenvalue weighted by Crippen LogP contribution is 2.32. The Hall–Kier alpha value is -2.18. The van der Waals surface area contributed by atoms with Crippen molar-refractivity contribution < 1.29 is 18.3 Å². The van der Waals surface area contributed by atoms with Gasteiger partial charge in [0, 0.05) is 45.1 Å². The van der Waals surface area contributed by atoms with Gasteiger partial charge in [0.25, 0.3) is 0 Å². The number of aryl methyl sites for hydroxylation is 1. The van der Waals surface area contributed by atoms with Crippen molar-refractivity contribution >= 4 is 29.9 Å². The fourth-order valence-corrected chi connectivity index (χ4v) is 3.61. The van der Waals surface area contributed by atoms with Crippen LogP contribution in [0.25, 0.3) is 0 Å². The molecule has 2 aromatic rings. The van der Waals surface area contributed by atoms with E-state index < -0.39 is 6.61 Å². The van der Waals surface area contributed by atoms with Crippen molar-refractivity contribution in [2.75, 3.05) is 20.2 Å². The number of benzene rings is 1. The van der Waals surface area contributed by atoms with Gasteiger partial charge in [-0.3, -0.25) is 4.99 Å². The van der Waals surface area contributed by atoms with Crippen LogP contribution in [0.3, 0.4) is 0 Å². The van der Waals surface area contributed by atoms with E-state index in [4.69, 9.17) is 9.47 Å². The Bertz CT molecular complexity index is 878. The Labute approximate surface area is 204 Å². The van der Waals surface area contributed by atoms with Crippen LogP contribution in [0.4, 0.5) is 8.78 Å². The molecule has 0 radical (unpaired) electrons. The van der Waals surface area contributed by atoms with Gasteiger partial charge in [-0.25, -0.2) is 0 Å². The number of hydrogen-bond donors (Lipinski definition) is 2. The minimum atomic E-state index is -2.93. The molecule has 11 heteroatoms. The van der Waals surface area contributed by atoms with Crippen LogP contribution in [-0.2, 0) is 25.9 Å². The van der Waals surface area contributed by atoms with E-state index in [9.17, 15) is 8.78 Å². The number of aliphatic imine (C=N–C) groups is 1. The van der Waals surface area contributed by atoms with Gasteiger partial charge < -0.3 is 24.7 Å². The molecule has 0 saturated carbocycles. The van der Waals surface area contributed by atoms with Gasteiger partial charge in [0.05, 0.1) is 6.61 Å². The molecule has 0 atom stereocenters. The fourth-order valence-electron chi connectivity index (χ4n) is 3.61. The third-order valence-electron chi connectivity index (χ3n) is 5.06. The van der Waals surface area contributed by atoms with E-state index in [0.29, 0.717) is 31.1 Å². The van der Waals surface area contributed by atoms with E-state index in [-0.39, 0.29) is 42.0 Å². The number of aromatic nitrogens is 3. The molecule has 32 heavy (non-hydrogen) atoms. The third-order valence-corrected chi connectivity index (χ3v) is 5.06. The summed E-state index contributed by atoms with van der Waals surface area (Å²) in [5.74, 6) is 2.92. The van der Waals surface area contributed by atoms with E-state index in [1.165, 1.54) is 6.42 Å². The number of nitrogens with zero attached hydrogens (tertiary/aromatic N) is 4. The van der Waals surface area contributed by atoms with Crippen LogP contribution in [0.5, 0.6) is 11.5 Å². The van der Waals surface area contributed by atoms with Crippen molar-refractivity contribution in [3.8, 4) is 11.5 Å². The molecule has 0 unspecified atom stereocenters. The Morgan fingerprint density at radius 1 is 1.22 bits per heavy atom. The molecule has 0 spiro atoms. The topological polar surface area (TPSA) is 85.6 Å². The third kappa shape index (κ3) is 7.17. The SMILES string of the molecule is CCOc1cccc(CNC(=NC)NCCc2nnc3n2CCCCC3)c1OC(F)F.I. The molecule has 178 valence electrons. The second-order valence-electron chi connectivity index (χ2n) is 7.15. The number of guanidine groups is 1. The number of para-hydroxylation sites is 1. The maximum Gasteiger partial charge on any atom is 0.387 e. The molecule has 2 N–H and O–H groups in total. The monoisotopic (exact) mass is 564 g/mol. The summed E-state index contributed by atoms with van der Waals surface area (Å²) in [6.07, 6.45) is 5.23. The lowest BCUT2D eigenvalue weighted by atomic mass is 10.2. The summed E-state index contributed by atoms with van der Waals surface area (Å²) in [6, 6.07) is 5.07. The van der Waals surface area contributed by atoms with E-state index in [0.717, 1.165) is 37.5 Å². The Kier molecular flexibility index (Phi) is 10.9. The first kappa shape index (κ1) is 26.1. The van der Waals surface area contributed by atoms with Crippen molar-refractivity contribution in [2.45, 2.75) is 58.7 Å². The summed E-state index contributed by atoms with van der Waals surface area (Å²) in [7, 11) is 1.66. The number of halogens is 3. The van der Waals surface area contributed by atoms with Gasteiger partial charge in [-0.05, 0) is 25.8 Å². The number of nitrogens with one attached hydrogen (secondary N) is 2. The van der Waals surface area contributed by atoms with Crippen LogP contribution < -0.4 is 20.1 Å². The van der Waals surface area contributed by atoms with Crippen LogP contribution in [0.15, 0.2) is 23.2 Å². The largest absolute Gasteiger partial charge is 0.490 e. The molecule has 1 aliphatic heterocycles. The summed E-state index contributed by atoms with van der Waals surface area (Å²) < 4.78 is 38.1. The van der Waals surface area contributed by atoms with Crippen LogP contribution in [0.2, 0.25) is 0 Å². The van der Waals surface area contributed by atoms with Gasteiger partial charge in [0.1, 0.15) is 11.6 Å². The number of ether oxygens (including phenoxy) is 2. The molecule has 2 heterocycles. The molecule has 3 rings (SSSR count). The van der Waals surface area contributed by atoms with Gasteiger partial charge in [-0.2, -0.15) is 8.78 Å². The smallest absolute Gasteiger partial charge is 0.387 e. The van der Waals surface area contributed by atoms with Crippen molar-refractivity contribution in [2.24, 2.45) is 4.99 Å². The Balaban J connectivity index is 0.00000363. The summed E-state index contributed by atoms with van der Waals surface area (Å²) in [5.41, 5.74) is 0.553. The van der Waals surface area contributed by atoms with Crippen LogP contribution >= 0.6 is 24.0 Å². The summed E-state index contributed by atoms with van der Waals surface area (Å²) in [4.78, 5) is 4.21. The first-order chi connectivity index (χ1) is 15.1. The second kappa shape index (κ2) is 13.4. The first-order valence-electron chi connectivity index (χ1n) is 10.7. The van der Waals surface area contributed by atoms with E-state index >= 15 is 0 Å². The highest BCUT2D eigenvalue weighted by atomic mass is 127. The molecule has 0 saturated heterocycles. The molecule has 1 aromatic carbocycles. The Morgan fingerprint density at radius 3 is 2.81 bits per heavy atom. The zero-order chi connectivity index (χ0) is 22.1. The van der Waals surface area contributed by atoms with Crippen LogP contribution in [-0.4, -0.2) is 47.5 Å². The van der Waals surface area contributed by atoms with E-state index in [2.05, 4.69) is 30.4 Å². The average molecular weight is 564 g/mol. The predicted octanol–water partition coefficient (Wildman–Crippen LogP) is 3.53. The maximum absolute atomic E-state index is 12.9. The van der Waals surface area contributed by atoms with Crippen LogP contribution in [0, 0.1) is 0 Å². The van der Waals surface area contributed by atoms with Gasteiger partial charge >= 0.3 is 6.61 Å². The van der Waals surface area contributed by atoms with Gasteiger partial charge in [0.15, 0.2) is 17.5 Å². The average Bonchev–Trinajstić information content (AvgIpc) is 2.98. The predicted molar refractivity (Wildman–Crippen MR) is 129 cm³/mol. The first-order valence-corrected chi connectivity index (χ1v) is 10.7. The van der Waals surface area contributed by atoms with Gasteiger partial charge in [-0.15, -0.1) is 34.2 Å². The molecule has 0 amide bonds. The lowest BCUT2D eigenvalue weighted by molar-refractivity contribution is -0.0520. The fraction of sp³-hybridized carbons (Fsp3) is 0.571. The highest BCUT2D eigenvalue weighted by Gasteiger charge is 2.17. The molecule has 1 aliphatic rings. The quantitative estimate of drug-likeness (QED) is 0.276. The lowest BCUT2D eigenvalue weighted by Gasteiger charge is -2.17. The minimum absolute atomic E-state index is 0. The summed E-state index contributed by atoms with van der Waals surface area (Å²) in [6.45, 7) is 1.05. The normalized spacial score (nSPS) is 13.7. The highest BCUT2D eigenvalue weighted by molar-refractivity contribution is 14.0. The molecule has 0 bridgehead atoms. The standard InChI is InChI=1S/C21H30F2N6O2.HI/c1-3-30-16-9-7-8-15(19(16)31-20(22)23)14-26-21(24-2)25-12-11-18-28-27-17-10-5-4-6-13-29(17)18;/h7-9,20H,3-6,10-14H2,1-2H3,(H2,24,25,26);1H. The Morgan fingerprint density at radius 2 is 2.06 bits per heavy atom. The molecular formula is C21H31F2IN6O2. The van der Waals surface area contributed by atoms with Gasteiger partial charge in [0.2, 0.25) is 0 Å². The number of fused-ring (bicyclic) bond motifs is 1. The summed E-state index contributed by atoms with van der Waals surface area (Å²) >= 11 is 0. The van der Waals surface area contributed by atoms with E-state index in [1.807, 2.05) is 0 Å². The lowest BCUT2D eigenvalue weighted by Crippen LogP contribution is -2.38. The van der Waals surface area contributed by atoms with Crippen molar-refractivity contribution in [3.63, 3.8) is 0 Å². The maximum atomic E-state index is 12.9. The molecule has 0 aliphatic carbocycles.